The summed E-state index contributed by atoms with van der Waals surface area (Å²) in [4.78, 5) is 10.5. The average molecular weight is 196 g/mol. The molecule has 0 bridgehead atoms. The molecule has 0 aromatic carbocycles. The Balaban J connectivity index is 3.04. The van der Waals surface area contributed by atoms with Gasteiger partial charge in [-0.25, -0.2) is 19.0 Å². The van der Waals surface area contributed by atoms with Crippen molar-refractivity contribution in [3.8, 4) is 0 Å². The minimum atomic E-state index is -3.22. The van der Waals surface area contributed by atoms with Crippen LogP contribution in [-0.4, -0.2) is 35.1 Å². The Morgan fingerprint density at radius 3 is 2.46 bits per heavy atom. The largest absolute Gasteiger partial charge is 0.479 e. The van der Waals surface area contributed by atoms with Gasteiger partial charge in [0.15, 0.2) is 0 Å². The molecule has 1 rings (SSSR count). The van der Waals surface area contributed by atoms with Crippen molar-refractivity contribution < 1.29 is 23.1 Å². The van der Waals surface area contributed by atoms with Crippen LogP contribution < -0.4 is 5.43 Å². The summed E-state index contributed by atoms with van der Waals surface area (Å²) in [6.07, 6.45) is -2.87. The molecule has 74 valence electrons. The summed E-state index contributed by atoms with van der Waals surface area (Å²) < 4.78 is 37.3. The molecule has 7 heteroatoms. The van der Waals surface area contributed by atoms with Crippen LogP contribution >= 0.6 is 0 Å². The maximum Gasteiger partial charge on any atom is 0.335 e. The number of carboxylic acid groups (broad SMARTS) is 1. The molecule has 0 aromatic rings. The van der Waals surface area contributed by atoms with Gasteiger partial charge in [0.25, 0.3) is 6.43 Å². The number of aliphatic carboxylic acids is 1. The maximum absolute atomic E-state index is 12.7. The van der Waals surface area contributed by atoms with Gasteiger partial charge in [-0.2, -0.15) is 4.39 Å². The Hall–Kier alpha value is -1.24. The molecule has 0 aromatic heterocycles. The summed E-state index contributed by atoms with van der Waals surface area (Å²) >= 11 is 0. The zero-order chi connectivity index (χ0) is 10.2. The first-order chi connectivity index (χ1) is 5.90. The zero-order valence-corrected chi connectivity index (χ0v) is 6.59. The highest BCUT2D eigenvalue weighted by Crippen LogP contribution is 2.27. The van der Waals surface area contributed by atoms with E-state index >= 15 is 0 Å². The van der Waals surface area contributed by atoms with Crippen molar-refractivity contribution in [3.63, 3.8) is 0 Å². The number of rotatable bonds is 2. The van der Waals surface area contributed by atoms with Crippen LogP contribution in [0.4, 0.5) is 13.2 Å². The van der Waals surface area contributed by atoms with Crippen LogP contribution in [0.25, 0.3) is 0 Å². The molecular weight excluding hydrogens is 189 g/mol. The fourth-order valence-electron chi connectivity index (χ4n) is 0.963. The summed E-state index contributed by atoms with van der Waals surface area (Å²) in [6, 6.07) is 0. The number of halogens is 3. The number of nitrogens with zero attached hydrogens (tertiary/aromatic N) is 1. The molecule has 0 spiro atoms. The van der Waals surface area contributed by atoms with Crippen LogP contribution in [0, 0.1) is 0 Å². The van der Waals surface area contributed by atoms with Gasteiger partial charge in [0.1, 0.15) is 0 Å². The van der Waals surface area contributed by atoms with E-state index in [0.29, 0.717) is 11.1 Å². The third-order valence-electron chi connectivity index (χ3n) is 1.72. The quantitative estimate of drug-likeness (QED) is 0.625. The second-order valence-electron chi connectivity index (χ2n) is 2.61. The first kappa shape index (κ1) is 9.85. The van der Waals surface area contributed by atoms with Crippen LogP contribution in [0.5, 0.6) is 0 Å². The predicted molar refractivity (Wildman–Crippen MR) is 36.5 cm³/mol. The monoisotopic (exact) mass is 196 g/mol. The van der Waals surface area contributed by atoms with Crippen molar-refractivity contribution in [2.75, 3.05) is 7.05 Å². The highest BCUT2D eigenvalue weighted by molar-refractivity contribution is 5.82. The van der Waals surface area contributed by atoms with Crippen molar-refractivity contribution in [1.29, 1.82) is 0 Å². The van der Waals surface area contributed by atoms with Gasteiger partial charge >= 0.3 is 5.97 Å². The van der Waals surface area contributed by atoms with Gasteiger partial charge in [0, 0.05) is 13.1 Å². The minimum absolute atomic E-state index is 0.347. The van der Waals surface area contributed by atoms with E-state index in [-0.39, 0.29) is 0 Å². The zero-order valence-electron chi connectivity index (χ0n) is 6.59. The summed E-state index contributed by atoms with van der Waals surface area (Å²) in [5.74, 6) is -2.86. The van der Waals surface area contributed by atoms with Gasteiger partial charge in [-0.15, -0.1) is 0 Å². The highest BCUT2D eigenvalue weighted by Gasteiger charge is 2.51. The molecule has 1 atom stereocenters. The predicted octanol–water partition coefficient (Wildman–Crippen LogP) is 0.336. The number of alkyl halides is 2. The van der Waals surface area contributed by atoms with Gasteiger partial charge in [-0.1, -0.05) is 0 Å². The molecule has 0 radical (unpaired) electrons. The fraction of sp³-hybridized carbons (Fsp3) is 0.500. The van der Waals surface area contributed by atoms with Crippen LogP contribution in [0.15, 0.2) is 12.0 Å². The van der Waals surface area contributed by atoms with Crippen LogP contribution in [0.2, 0.25) is 0 Å². The molecule has 2 N–H and O–H groups in total. The van der Waals surface area contributed by atoms with E-state index in [2.05, 4.69) is 0 Å². The van der Waals surface area contributed by atoms with Crippen molar-refractivity contribution in [2.45, 2.75) is 12.0 Å². The summed E-state index contributed by atoms with van der Waals surface area (Å²) in [6.45, 7) is 0. The summed E-state index contributed by atoms with van der Waals surface area (Å²) in [5, 5.41) is 9.09. The molecule has 0 amide bonds. The Kier molecular flexibility index (Phi) is 2.21. The molecule has 13 heavy (non-hydrogen) atoms. The number of hydrogen-bond donors (Lipinski definition) is 2. The second kappa shape index (κ2) is 2.91. The van der Waals surface area contributed by atoms with E-state index in [0.717, 1.165) is 7.05 Å². The molecule has 1 aliphatic heterocycles. The van der Waals surface area contributed by atoms with Gasteiger partial charge in [0.05, 0.1) is 0 Å². The van der Waals surface area contributed by atoms with Gasteiger partial charge in [0.2, 0.25) is 11.5 Å². The lowest BCUT2D eigenvalue weighted by atomic mass is 10.0. The average Bonchev–Trinajstić information content (AvgIpc) is 2.29. The third-order valence-corrected chi connectivity index (χ3v) is 1.72. The molecule has 0 saturated carbocycles. The molecule has 4 nitrogen and oxygen atoms in total. The number of carboxylic acids is 1. The van der Waals surface area contributed by atoms with Crippen molar-refractivity contribution in [2.24, 2.45) is 0 Å². The Morgan fingerprint density at radius 2 is 2.31 bits per heavy atom. The number of hydrogen-bond acceptors (Lipinski definition) is 3. The Bertz CT molecular complexity index is 269. The van der Waals surface area contributed by atoms with E-state index < -0.39 is 23.9 Å². The normalized spacial score (nSPS) is 28.1. The standard InChI is InChI=1S/C6H7F3N2O2/c1-11-3(7)2-6(10-11,4(8)9)5(12)13/h2,4,10H,1H3,(H,12,13). The summed E-state index contributed by atoms with van der Waals surface area (Å²) in [5.41, 5.74) is -0.808. The molecule has 1 heterocycles. The number of carbonyl (C=O) groups is 1. The number of nitrogens with one attached hydrogen (secondary N) is 1. The molecule has 0 aliphatic carbocycles. The highest BCUT2D eigenvalue weighted by atomic mass is 19.3. The lowest BCUT2D eigenvalue weighted by molar-refractivity contribution is -0.150. The van der Waals surface area contributed by atoms with Gasteiger partial charge < -0.3 is 5.11 Å². The van der Waals surface area contributed by atoms with E-state index in [9.17, 15) is 18.0 Å². The second-order valence-corrected chi connectivity index (χ2v) is 2.61. The Labute approximate surface area is 71.6 Å². The lowest BCUT2D eigenvalue weighted by Crippen LogP contribution is -2.56. The third kappa shape index (κ3) is 1.35. The van der Waals surface area contributed by atoms with Crippen LogP contribution in [-0.2, 0) is 4.79 Å². The Morgan fingerprint density at radius 1 is 1.77 bits per heavy atom. The van der Waals surface area contributed by atoms with Gasteiger partial charge in [-0.3, -0.25) is 5.01 Å². The fourth-order valence-corrected chi connectivity index (χ4v) is 0.963. The topological polar surface area (TPSA) is 52.6 Å². The lowest BCUT2D eigenvalue weighted by Gasteiger charge is -2.23. The minimum Gasteiger partial charge on any atom is -0.479 e. The van der Waals surface area contributed by atoms with Crippen molar-refractivity contribution in [1.82, 2.24) is 10.4 Å². The SMILES string of the molecule is CN1NC(C(=O)O)(C(F)F)C=C1F. The van der Waals surface area contributed by atoms with Crippen LogP contribution in [0.1, 0.15) is 0 Å². The first-order valence-electron chi connectivity index (χ1n) is 3.31. The molecule has 1 aliphatic rings. The van der Waals surface area contributed by atoms with Gasteiger partial charge in [-0.05, 0) is 0 Å². The van der Waals surface area contributed by atoms with E-state index in [1.54, 1.807) is 0 Å². The summed E-state index contributed by atoms with van der Waals surface area (Å²) in [7, 11) is 1.11. The van der Waals surface area contributed by atoms with E-state index in [1.807, 2.05) is 5.43 Å². The molecular formula is C6H7F3N2O2. The van der Waals surface area contributed by atoms with E-state index in [1.165, 1.54) is 0 Å². The molecule has 0 saturated heterocycles. The molecule has 0 fully saturated rings. The number of hydrazine groups is 1. The van der Waals surface area contributed by atoms with Crippen molar-refractivity contribution >= 4 is 5.97 Å². The first-order valence-corrected chi connectivity index (χ1v) is 3.31. The molecule has 1 unspecified atom stereocenters. The maximum atomic E-state index is 12.7. The smallest absolute Gasteiger partial charge is 0.335 e. The van der Waals surface area contributed by atoms with Crippen LogP contribution in [0.3, 0.4) is 0 Å². The van der Waals surface area contributed by atoms with E-state index in [4.69, 9.17) is 5.11 Å². The van der Waals surface area contributed by atoms with Crippen molar-refractivity contribution in [3.05, 3.63) is 12.0 Å².